The molecule has 1 fully saturated rings. The lowest BCUT2D eigenvalue weighted by Crippen LogP contribution is -2.35. The lowest BCUT2D eigenvalue weighted by Gasteiger charge is -2.30. The van der Waals surface area contributed by atoms with Gasteiger partial charge in [-0.05, 0) is 37.0 Å². The maximum absolute atomic E-state index is 10.2. The molecule has 0 radical (unpaired) electrons. The van der Waals surface area contributed by atoms with Crippen molar-refractivity contribution in [2.75, 3.05) is 18.4 Å². The summed E-state index contributed by atoms with van der Waals surface area (Å²) < 4.78 is 0. The molecule has 2 aromatic rings. The Kier molecular flexibility index (Phi) is 5.95. The molecule has 134 valence electrons. The van der Waals surface area contributed by atoms with Crippen molar-refractivity contribution in [1.82, 2.24) is 4.90 Å². The normalized spacial score (nSPS) is 17.4. The molecule has 0 amide bonds. The first-order chi connectivity index (χ1) is 12.2. The number of nitrogens with one attached hydrogen (secondary N) is 1. The predicted octanol–water partition coefficient (Wildman–Crippen LogP) is 3.91. The molecule has 3 N–H and O–H groups in total. The first-order valence-electron chi connectivity index (χ1n) is 9.20. The van der Waals surface area contributed by atoms with Crippen LogP contribution in [0.3, 0.4) is 0 Å². The van der Waals surface area contributed by atoms with Gasteiger partial charge in [0.05, 0.1) is 12.1 Å². The molecule has 0 bridgehead atoms. The molecule has 1 saturated heterocycles. The Balaban J connectivity index is 1.75. The van der Waals surface area contributed by atoms with Gasteiger partial charge >= 0.3 is 0 Å². The molecule has 0 aliphatic carbocycles. The number of para-hydroxylation sites is 2. The van der Waals surface area contributed by atoms with E-state index in [2.05, 4.69) is 35.3 Å². The first-order valence-corrected chi connectivity index (χ1v) is 9.20. The minimum atomic E-state index is -0.143. The average Bonchev–Trinajstić information content (AvgIpc) is 2.63. The van der Waals surface area contributed by atoms with Crippen LogP contribution in [0.4, 0.5) is 5.69 Å². The van der Waals surface area contributed by atoms with Crippen molar-refractivity contribution < 1.29 is 10.2 Å². The molecule has 2 aromatic carbocycles. The number of phenols is 1. The molecular weight excluding hydrogens is 312 g/mol. The summed E-state index contributed by atoms with van der Waals surface area (Å²) in [5.41, 5.74) is 3.30. The van der Waals surface area contributed by atoms with Crippen LogP contribution in [0, 0.1) is 0 Å². The van der Waals surface area contributed by atoms with Crippen molar-refractivity contribution in [3.63, 3.8) is 0 Å². The SMILES string of the molecule is CC[C@H](Nc1ccccc1CN1CCC(O)CC1)c1ccccc1O. The van der Waals surface area contributed by atoms with Gasteiger partial charge < -0.3 is 15.5 Å². The fourth-order valence-corrected chi connectivity index (χ4v) is 3.49. The summed E-state index contributed by atoms with van der Waals surface area (Å²) in [5, 5.41) is 23.5. The third-order valence-electron chi connectivity index (χ3n) is 5.02. The second-order valence-corrected chi connectivity index (χ2v) is 6.83. The largest absolute Gasteiger partial charge is 0.508 e. The summed E-state index contributed by atoms with van der Waals surface area (Å²) in [7, 11) is 0. The highest BCUT2D eigenvalue weighted by atomic mass is 16.3. The number of rotatable bonds is 6. The topological polar surface area (TPSA) is 55.7 Å². The molecule has 1 aliphatic rings. The smallest absolute Gasteiger partial charge is 0.120 e. The lowest BCUT2D eigenvalue weighted by atomic mass is 10.0. The van der Waals surface area contributed by atoms with Gasteiger partial charge in [-0.15, -0.1) is 0 Å². The number of anilines is 1. The van der Waals surface area contributed by atoms with Gasteiger partial charge in [0.25, 0.3) is 0 Å². The lowest BCUT2D eigenvalue weighted by molar-refractivity contribution is 0.0793. The molecule has 4 nitrogen and oxygen atoms in total. The van der Waals surface area contributed by atoms with E-state index >= 15 is 0 Å². The molecule has 3 rings (SSSR count). The first kappa shape index (κ1) is 17.8. The molecule has 25 heavy (non-hydrogen) atoms. The quantitative estimate of drug-likeness (QED) is 0.746. The Morgan fingerprint density at radius 2 is 1.76 bits per heavy atom. The van der Waals surface area contributed by atoms with Crippen molar-refractivity contribution in [2.24, 2.45) is 0 Å². The molecule has 1 heterocycles. The Morgan fingerprint density at radius 1 is 1.08 bits per heavy atom. The number of phenolic OH excluding ortho intramolecular Hbond substituents is 1. The summed E-state index contributed by atoms with van der Waals surface area (Å²) >= 11 is 0. The van der Waals surface area contributed by atoms with E-state index in [-0.39, 0.29) is 12.1 Å². The Labute approximate surface area is 150 Å². The van der Waals surface area contributed by atoms with Crippen molar-refractivity contribution in [3.05, 3.63) is 59.7 Å². The van der Waals surface area contributed by atoms with Crippen LogP contribution in [0.15, 0.2) is 48.5 Å². The van der Waals surface area contributed by atoms with E-state index in [0.29, 0.717) is 5.75 Å². The van der Waals surface area contributed by atoms with Gasteiger partial charge in [-0.25, -0.2) is 0 Å². The molecule has 0 aromatic heterocycles. The van der Waals surface area contributed by atoms with Gasteiger partial charge in [0.1, 0.15) is 5.75 Å². The zero-order chi connectivity index (χ0) is 17.6. The Bertz CT molecular complexity index is 681. The number of aliphatic hydroxyl groups excluding tert-OH is 1. The number of aromatic hydroxyl groups is 1. The van der Waals surface area contributed by atoms with Crippen LogP contribution in [-0.4, -0.2) is 34.3 Å². The van der Waals surface area contributed by atoms with Gasteiger partial charge in [-0.2, -0.15) is 0 Å². The maximum atomic E-state index is 10.2. The summed E-state index contributed by atoms with van der Waals surface area (Å²) in [4.78, 5) is 2.40. The van der Waals surface area contributed by atoms with Crippen LogP contribution >= 0.6 is 0 Å². The standard InChI is InChI=1S/C21H28N2O2/c1-2-19(18-8-4-6-10-21(18)25)22-20-9-5-3-7-16(20)15-23-13-11-17(24)12-14-23/h3-10,17,19,22,24-25H,2,11-15H2,1H3/t19-/m0/s1. The molecule has 1 atom stereocenters. The summed E-state index contributed by atoms with van der Waals surface area (Å²) in [5.74, 6) is 0.337. The highest BCUT2D eigenvalue weighted by Crippen LogP contribution is 2.31. The Morgan fingerprint density at radius 3 is 2.48 bits per heavy atom. The van der Waals surface area contributed by atoms with Crippen molar-refractivity contribution in [1.29, 1.82) is 0 Å². The van der Waals surface area contributed by atoms with E-state index in [4.69, 9.17) is 0 Å². The van der Waals surface area contributed by atoms with E-state index in [1.165, 1.54) is 5.56 Å². The minimum Gasteiger partial charge on any atom is -0.508 e. The summed E-state index contributed by atoms with van der Waals surface area (Å²) in [6.07, 6.45) is 2.45. The van der Waals surface area contributed by atoms with Gasteiger partial charge in [-0.1, -0.05) is 43.3 Å². The van der Waals surface area contributed by atoms with Gasteiger partial charge in [0, 0.05) is 30.9 Å². The fraction of sp³-hybridized carbons (Fsp3) is 0.429. The number of piperidine rings is 1. The van der Waals surface area contributed by atoms with Crippen LogP contribution in [0.5, 0.6) is 5.75 Å². The number of hydrogen-bond donors (Lipinski definition) is 3. The van der Waals surface area contributed by atoms with Gasteiger partial charge in [0.2, 0.25) is 0 Å². The Hall–Kier alpha value is -2.04. The number of hydrogen-bond acceptors (Lipinski definition) is 4. The van der Waals surface area contributed by atoms with Crippen LogP contribution in [0.1, 0.15) is 43.4 Å². The number of benzene rings is 2. The highest BCUT2D eigenvalue weighted by molar-refractivity contribution is 5.53. The van der Waals surface area contributed by atoms with Crippen molar-refractivity contribution >= 4 is 5.69 Å². The molecule has 0 unspecified atom stereocenters. The fourth-order valence-electron chi connectivity index (χ4n) is 3.49. The summed E-state index contributed by atoms with van der Waals surface area (Å²) in [6, 6.07) is 16.0. The second kappa shape index (κ2) is 8.37. The van der Waals surface area contributed by atoms with E-state index in [1.54, 1.807) is 6.07 Å². The minimum absolute atomic E-state index is 0.0746. The molecule has 0 spiro atoms. The number of likely N-dealkylation sites (tertiary alicyclic amines) is 1. The van der Waals surface area contributed by atoms with Crippen LogP contribution in [-0.2, 0) is 6.54 Å². The van der Waals surface area contributed by atoms with Crippen LogP contribution in [0.2, 0.25) is 0 Å². The predicted molar refractivity (Wildman–Crippen MR) is 102 cm³/mol. The monoisotopic (exact) mass is 340 g/mol. The van der Waals surface area contributed by atoms with Crippen LogP contribution in [0.25, 0.3) is 0 Å². The van der Waals surface area contributed by atoms with E-state index in [1.807, 2.05) is 24.3 Å². The average molecular weight is 340 g/mol. The van der Waals surface area contributed by atoms with Gasteiger partial charge in [-0.3, -0.25) is 4.90 Å². The molecule has 4 heteroatoms. The second-order valence-electron chi connectivity index (χ2n) is 6.83. The number of aliphatic hydroxyl groups is 1. The van der Waals surface area contributed by atoms with Crippen molar-refractivity contribution in [3.8, 4) is 5.75 Å². The van der Waals surface area contributed by atoms with E-state index < -0.39 is 0 Å². The third-order valence-corrected chi connectivity index (χ3v) is 5.02. The third kappa shape index (κ3) is 4.53. The van der Waals surface area contributed by atoms with Crippen molar-refractivity contribution in [2.45, 2.75) is 44.9 Å². The van der Waals surface area contributed by atoms with E-state index in [9.17, 15) is 10.2 Å². The zero-order valence-electron chi connectivity index (χ0n) is 14.9. The number of nitrogens with zero attached hydrogens (tertiary/aromatic N) is 1. The molecule has 1 aliphatic heterocycles. The van der Waals surface area contributed by atoms with E-state index in [0.717, 1.165) is 50.1 Å². The highest BCUT2D eigenvalue weighted by Gasteiger charge is 2.19. The molecule has 0 saturated carbocycles. The summed E-state index contributed by atoms with van der Waals surface area (Å²) in [6.45, 7) is 4.88. The van der Waals surface area contributed by atoms with Gasteiger partial charge in [0.15, 0.2) is 0 Å². The molecular formula is C21H28N2O2. The zero-order valence-corrected chi connectivity index (χ0v) is 14.9. The van der Waals surface area contributed by atoms with Crippen LogP contribution < -0.4 is 5.32 Å². The maximum Gasteiger partial charge on any atom is 0.120 e.